The Morgan fingerprint density at radius 3 is 2.89 bits per heavy atom. The minimum absolute atomic E-state index is 0.179. The normalized spacial score (nSPS) is 10.7. The van der Waals surface area contributed by atoms with E-state index in [-0.39, 0.29) is 10.6 Å². The highest BCUT2D eigenvalue weighted by Gasteiger charge is 2.07. The molecule has 0 atom stereocenters. The molecular weight excluding hydrogens is 266 g/mol. The van der Waals surface area contributed by atoms with Crippen LogP contribution in [0.3, 0.4) is 0 Å². The first kappa shape index (κ1) is 13.6. The largest absolute Gasteiger partial charge is 0.382 e. The van der Waals surface area contributed by atoms with Crippen molar-refractivity contribution < 1.29 is 0 Å². The Morgan fingerprint density at radius 2 is 2.26 bits per heavy atom. The molecule has 0 aliphatic carbocycles. The van der Waals surface area contributed by atoms with Crippen LogP contribution in [0.5, 0.6) is 0 Å². The van der Waals surface area contributed by atoms with E-state index in [1.165, 1.54) is 4.68 Å². The second-order valence-corrected chi connectivity index (χ2v) is 4.53. The number of nitrogens with one attached hydrogen (secondary N) is 1. The van der Waals surface area contributed by atoms with Gasteiger partial charge < -0.3 is 5.32 Å². The van der Waals surface area contributed by atoms with E-state index in [9.17, 15) is 4.79 Å². The maximum atomic E-state index is 11.8. The van der Waals surface area contributed by atoms with Gasteiger partial charge in [0.1, 0.15) is 5.02 Å². The number of aromatic nitrogens is 4. The van der Waals surface area contributed by atoms with E-state index >= 15 is 0 Å². The van der Waals surface area contributed by atoms with Crippen molar-refractivity contribution in [3.8, 4) is 0 Å². The molecule has 2 aromatic rings. The van der Waals surface area contributed by atoms with Crippen molar-refractivity contribution in [1.82, 2.24) is 19.6 Å². The first-order chi connectivity index (χ1) is 9.11. The van der Waals surface area contributed by atoms with E-state index in [2.05, 4.69) is 15.5 Å². The van der Waals surface area contributed by atoms with E-state index in [1.807, 2.05) is 26.2 Å². The van der Waals surface area contributed by atoms with Gasteiger partial charge in [-0.3, -0.25) is 9.48 Å². The Hall–Kier alpha value is -1.82. The Balaban J connectivity index is 2.00. The number of aryl methyl sites for hydroxylation is 2. The molecule has 102 valence electrons. The van der Waals surface area contributed by atoms with Crippen molar-refractivity contribution >= 4 is 17.3 Å². The maximum Gasteiger partial charge on any atom is 0.287 e. The molecule has 0 fully saturated rings. The summed E-state index contributed by atoms with van der Waals surface area (Å²) in [5.41, 5.74) is 1.28. The first-order valence-corrected chi connectivity index (χ1v) is 6.47. The van der Waals surface area contributed by atoms with E-state index in [1.54, 1.807) is 10.9 Å². The van der Waals surface area contributed by atoms with Crippen LogP contribution in [0.15, 0.2) is 23.3 Å². The van der Waals surface area contributed by atoms with Crippen molar-refractivity contribution in [2.45, 2.75) is 19.9 Å². The standard InChI is InChI=1S/C12H16ClN5O/c1-3-18-12(19)11(13)10(8-15-18)14-6-4-9-5-7-17(2)16-9/h5,7-8,14H,3-4,6H2,1-2H3. The average molecular weight is 282 g/mol. The summed E-state index contributed by atoms with van der Waals surface area (Å²) in [5, 5.41) is 11.6. The summed E-state index contributed by atoms with van der Waals surface area (Å²) in [6.45, 7) is 3.00. The van der Waals surface area contributed by atoms with Gasteiger partial charge in [0.2, 0.25) is 0 Å². The molecular formula is C12H16ClN5O. The third-order valence-corrected chi connectivity index (χ3v) is 3.12. The summed E-state index contributed by atoms with van der Waals surface area (Å²) in [7, 11) is 1.88. The summed E-state index contributed by atoms with van der Waals surface area (Å²) in [4.78, 5) is 11.8. The molecule has 0 aliphatic rings. The third-order valence-electron chi connectivity index (χ3n) is 2.75. The first-order valence-electron chi connectivity index (χ1n) is 6.10. The molecule has 2 aromatic heterocycles. The Labute approximate surface area is 116 Å². The second-order valence-electron chi connectivity index (χ2n) is 4.15. The fourth-order valence-electron chi connectivity index (χ4n) is 1.74. The van der Waals surface area contributed by atoms with Gasteiger partial charge in [-0.1, -0.05) is 11.6 Å². The van der Waals surface area contributed by atoms with Gasteiger partial charge in [-0.15, -0.1) is 0 Å². The molecule has 0 saturated heterocycles. The average Bonchev–Trinajstić information content (AvgIpc) is 2.81. The SMILES string of the molecule is CCn1ncc(NCCc2ccn(C)n2)c(Cl)c1=O. The van der Waals surface area contributed by atoms with Crippen LogP contribution in [0.25, 0.3) is 0 Å². The van der Waals surface area contributed by atoms with Gasteiger partial charge >= 0.3 is 0 Å². The molecule has 7 heteroatoms. The fourth-order valence-corrected chi connectivity index (χ4v) is 1.95. The predicted octanol–water partition coefficient (Wildman–Crippen LogP) is 1.30. The molecule has 0 aromatic carbocycles. The molecule has 0 aliphatic heterocycles. The topological polar surface area (TPSA) is 64.7 Å². The van der Waals surface area contributed by atoms with Crippen molar-refractivity contribution in [3.63, 3.8) is 0 Å². The number of hydrogen-bond acceptors (Lipinski definition) is 4. The Bertz CT molecular complexity index is 619. The molecule has 6 nitrogen and oxygen atoms in total. The number of anilines is 1. The molecule has 0 saturated carbocycles. The van der Waals surface area contributed by atoms with E-state index in [0.717, 1.165) is 12.1 Å². The second kappa shape index (κ2) is 5.88. The van der Waals surface area contributed by atoms with Crippen LogP contribution in [0.1, 0.15) is 12.6 Å². The monoisotopic (exact) mass is 281 g/mol. The molecule has 2 heterocycles. The zero-order valence-corrected chi connectivity index (χ0v) is 11.7. The van der Waals surface area contributed by atoms with Crippen molar-refractivity contribution in [2.75, 3.05) is 11.9 Å². The minimum atomic E-state index is -0.271. The maximum absolute atomic E-state index is 11.8. The molecule has 0 bridgehead atoms. The lowest BCUT2D eigenvalue weighted by atomic mass is 10.3. The predicted molar refractivity (Wildman–Crippen MR) is 74.6 cm³/mol. The van der Waals surface area contributed by atoms with Gasteiger partial charge in [0.25, 0.3) is 5.56 Å². The Kier molecular flexibility index (Phi) is 4.21. The van der Waals surface area contributed by atoms with E-state index in [4.69, 9.17) is 11.6 Å². The van der Waals surface area contributed by atoms with Gasteiger partial charge in [0.05, 0.1) is 17.6 Å². The van der Waals surface area contributed by atoms with Crippen LogP contribution in [-0.2, 0) is 20.0 Å². The smallest absolute Gasteiger partial charge is 0.287 e. The lowest BCUT2D eigenvalue weighted by Crippen LogP contribution is -2.23. The molecule has 19 heavy (non-hydrogen) atoms. The number of halogens is 1. The summed E-state index contributed by atoms with van der Waals surface area (Å²) in [6, 6.07) is 1.95. The summed E-state index contributed by atoms with van der Waals surface area (Å²) in [5.74, 6) is 0. The van der Waals surface area contributed by atoms with Crippen molar-refractivity contribution in [3.05, 3.63) is 39.5 Å². The van der Waals surface area contributed by atoms with Gasteiger partial charge in [-0.05, 0) is 13.0 Å². The quantitative estimate of drug-likeness (QED) is 0.897. The van der Waals surface area contributed by atoms with Gasteiger partial charge in [0, 0.05) is 32.8 Å². The van der Waals surface area contributed by atoms with Crippen LogP contribution >= 0.6 is 11.6 Å². The summed E-state index contributed by atoms with van der Waals surface area (Å²) in [6.07, 6.45) is 4.23. The lowest BCUT2D eigenvalue weighted by molar-refractivity contribution is 0.616. The molecule has 2 rings (SSSR count). The van der Waals surface area contributed by atoms with Crippen molar-refractivity contribution in [2.24, 2.45) is 7.05 Å². The molecule has 0 amide bonds. The van der Waals surface area contributed by atoms with Crippen LogP contribution in [-0.4, -0.2) is 26.1 Å². The summed E-state index contributed by atoms with van der Waals surface area (Å²) >= 11 is 6.01. The van der Waals surface area contributed by atoms with E-state index < -0.39 is 0 Å². The number of rotatable bonds is 5. The highest BCUT2D eigenvalue weighted by atomic mass is 35.5. The van der Waals surface area contributed by atoms with Crippen LogP contribution in [0.2, 0.25) is 5.02 Å². The summed E-state index contributed by atoms with van der Waals surface area (Å²) < 4.78 is 3.08. The number of hydrogen-bond donors (Lipinski definition) is 1. The fraction of sp³-hybridized carbons (Fsp3) is 0.417. The lowest BCUT2D eigenvalue weighted by Gasteiger charge is -2.08. The molecule has 1 N–H and O–H groups in total. The highest BCUT2D eigenvalue weighted by molar-refractivity contribution is 6.32. The van der Waals surface area contributed by atoms with E-state index in [0.29, 0.717) is 18.8 Å². The third kappa shape index (κ3) is 3.14. The molecule has 0 radical (unpaired) electrons. The van der Waals surface area contributed by atoms with Gasteiger partial charge in [0.15, 0.2) is 0 Å². The van der Waals surface area contributed by atoms with Crippen LogP contribution in [0, 0.1) is 0 Å². The Morgan fingerprint density at radius 1 is 1.47 bits per heavy atom. The van der Waals surface area contributed by atoms with Gasteiger partial charge in [-0.25, -0.2) is 4.68 Å². The zero-order chi connectivity index (χ0) is 13.8. The van der Waals surface area contributed by atoms with Crippen LogP contribution < -0.4 is 10.9 Å². The zero-order valence-electron chi connectivity index (χ0n) is 10.9. The van der Waals surface area contributed by atoms with Crippen molar-refractivity contribution in [1.29, 1.82) is 0 Å². The molecule has 0 spiro atoms. The van der Waals surface area contributed by atoms with Gasteiger partial charge in [-0.2, -0.15) is 10.2 Å². The van der Waals surface area contributed by atoms with Crippen LogP contribution in [0.4, 0.5) is 5.69 Å². The number of nitrogens with zero attached hydrogens (tertiary/aromatic N) is 4. The molecule has 0 unspecified atom stereocenters. The minimum Gasteiger partial charge on any atom is -0.382 e. The highest BCUT2D eigenvalue weighted by Crippen LogP contribution is 2.14.